The highest BCUT2D eigenvalue weighted by atomic mass is 32.2. The van der Waals surface area contributed by atoms with E-state index in [1.54, 1.807) is 12.3 Å². The van der Waals surface area contributed by atoms with Crippen LogP contribution < -0.4 is 10.1 Å². The van der Waals surface area contributed by atoms with E-state index in [1.165, 1.54) is 16.7 Å². The Morgan fingerprint density at radius 2 is 2.17 bits per heavy atom. The van der Waals surface area contributed by atoms with Crippen molar-refractivity contribution in [3.8, 4) is 11.8 Å². The number of nitriles is 1. The van der Waals surface area contributed by atoms with Gasteiger partial charge in [0.15, 0.2) is 0 Å². The molecule has 2 aromatic rings. The largest absolute Gasteiger partial charge is 0.490 e. The van der Waals surface area contributed by atoms with E-state index in [1.807, 2.05) is 18.2 Å². The van der Waals surface area contributed by atoms with E-state index in [0.29, 0.717) is 47.1 Å². The average Bonchev–Trinajstić information content (AvgIpc) is 3.26. The van der Waals surface area contributed by atoms with Gasteiger partial charge in [-0.3, -0.25) is 14.6 Å². The summed E-state index contributed by atoms with van der Waals surface area (Å²) in [6.45, 7) is 1.22. The van der Waals surface area contributed by atoms with Crippen LogP contribution in [0.4, 0.5) is 0 Å². The fraction of sp³-hybridized carbons (Fsp3) is 0.429. The number of hydrogen-bond acceptors (Lipinski definition) is 7. The Bertz CT molecular complexity index is 987. The lowest BCUT2D eigenvalue weighted by Gasteiger charge is -2.23. The van der Waals surface area contributed by atoms with Gasteiger partial charge in [-0.05, 0) is 24.3 Å². The second-order valence-electron chi connectivity index (χ2n) is 7.16. The first-order chi connectivity index (χ1) is 14.7. The van der Waals surface area contributed by atoms with E-state index in [2.05, 4.69) is 16.4 Å². The third-order valence-corrected chi connectivity index (χ3v) is 6.19. The lowest BCUT2D eigenvalue weighted by molar-refractivity contribution is -0.129. The highest BCUT2D eigenvalue weighted by molar-refractivity contribution is 7.99. The molecule has 1 atom stereocenters. The number of nitrogens with one attached hydrogen (secondary N) is 1. The van der Waals surface area contributed by atoms with Gasteiger partial charge < -0.3 is 19.7 Å². The van der Waals surface area contributed by atoms with Crippen molar-refractivity contribution in [3.05, 3.63) is 36.0 Å². The van der Waals surface area contributed by atoms with Gasteiger partial charge in [0.05, 0.1) is 42.8 Å². The first-order valence-corrected chi connectivity index (χ1v) is 11.0. The first kappa shape index (κ1) is 20.4. The predicted molar refractivity (Wildman–Crippen MR) is 112 cm³/mol. The van der Waals surface area contributed by atoms with Crippen LogP contribution in [0.2, 0.25) is 0 Å². The number of thioether (sulfide) groups is 1. The molecule has 1 aromatic carbocycles. The number of rotatable bonds is 5. The topological polar surface area (TPSA) is 105 Å². The van der Waals surface area contributed by atoms with Crippen molar-refractivity contribution in [1.29, 1.82) is 5.26 Å². The first-order valence-electron chi connectivity index (χ1n) is 9.84. The van der Waals surface area contributed by atoms with Gasteiger partial charge in [-0.25, -0.2) is 0 Å². The summed E-state index contributed by atoms with van der Waals surface area (Å²) in [7, 11) is 0. The number of hydrogen-bond donors (Lipinski definition) is 1. The summed E-state index contributed by atoms with van der Waals surface area (Å²) in [5.74, 6) is 1.12. The fourth-order valence-corrected chi connectivity index (χ4v) is 4.63. The smallest absolute Gasteiger partial charge is 0.252 e. The zero-order chi connectivity index (χ0) is 20.9. The maximum absolute atomic E-state index is 12.8. The van der Waals surface area contributed by atoms with Crippen molar-refractivity contribution < 1.29 is 19.1 Å². The zero-order valence-corrected chi connectivity index (χ0v) is 17.2. The molecule has 2 aliphatic rings. The summed E-state index contributed by atoms with van der Waals surface area (Å²) in [5.41, 5.74) is 1.10. The number of nitrogens with zero attached hydrogens (tertiary/aromatic N) is 3. The molecule has 0 aliphatic carbocycles. The van der Waals surface area contributed by atoms with Crippen LogP contribution in [-0.2, 0) is 9.53 Å². The molecule has 0 saturated carbocycles. The van der Waals surface area contributed by atoms with E-state index in [4.69, 9.17) is 14.7 Å². The molecule has 2 aliphatic heterocycles. The Balaban J connectivity index is 1.47. The molecule has 2 fully saturated rings. The number of amides is 2. The zero-order valence-electron chi connectivity index (χ0n) is 16.4. The van der Waals surface area contributed by atoms with E-state index < -0.39 is 6.04 Å². The van der Waals surface area contributed by atoms with Crippen molar-refractivity contribution in [3.63, 3.8) is 0 Å². The van der Waals surface area contributed by atoms with Crippen LogP contribution in [0, 0.1) is 11.3 Å². The summed E-state index contributed by atoms with van der Waals surface area (Å²) >= 11 is 1.53. The summed E-state index contributed by atoms with van der Waals surface area (Å²) in [6, 6.07) is 8.80. The van der Waals surface area contributed by atoms with Gasteiger partial charge in [-0.15, -0.1) is 11.8 Å². The Hall–Kier alpha value is -2.83. The van der Waals surface area contributed by atoms with Crippen molar-refractivity contribution in [2.24, 2.45) is 0 Å². The van der Waals surface area contributed by atoms with Crippen LogP contribution in [0.5, 0.6) is 5.75 Å². The molecular formula is C21H22N4O4S. The Morgan fingerprint density at radius 1 is 1.33 bits per heavy atom. The third kappa shape index (κ3) is 4.50. The van der Waals surface area contributed by atoms with E-state index in [9.17, 15) is 9.59 Å². The molecule has 8 nitrogen and oxygen atoms in total. The number of ether oxygens (including phenoxy) is 2. The lowest BCUT2D eigenvalue weighted by atomic mass is 10.1. The molecule has 1 N–H and O–H groups in total. The van der Waals surface area contributed by atoms with E-state index >= 15 is 0 Å². The van der Waals surface area contributed by atoms with Crippen molar-refractivity contribution >= 4 is 34.5 Å². The Kier molecular flexibility index (Phi) is 6.35. The molecule has 9 heteroatoms. The van der Waals surface area contributed by atoms with E-state index in [0.717, 1.165) is 12.8 Å². The summed E-state index contributed by atoms with van der Waals surface area (Å²) < 4.78 is 11.4. The van der Waals surface area contributed by atoms with Crippen LogP contribution in [0.25, 0.3) is 10.9 Å². The van der Waals surface area contributed by atoms with Gasteiger partial charge >= 0.3 is 0 Å². The Morgan fingerprint density at radius 3 is 2.97 bits per heavy atom. The molecule has 30 heavy (non-hydrogen) atoms. The summed E-state index contributed by atoms with van der Waals surface area (Å²) in [4.78, 5) is 31.0. The van der Waals surface area contributed by atoms with Crippen LogP contribution in [0.1, 0.15) is 23.2 Å². The van der Waals surface area contributed by atoms with Crippen molar-refractivity contribution in [1.82, 2.24) is 15.2 Å². The van der Waals surface area contributed by atoms with Gasteiger partial charge in [-0.1, -0.05) is 0 Å². The molecule has 2 amide bonds. The van der Waals surface area contributed by atoms with Crippen LogP contribution in [-0.4, -0.2) is 65.2 Å². The number of aromatic nitrogens is 1. The monoisotopic (exact) mass is 426 g/mol. The van der Waals surface area contributed by atoms with Gasteiger partial charge in [0.2, 0.25) is 5.91 Å². The minimum absolute atomic E-state index is 0.0918. The van der Waals surface area contributed by atoms with Gasteiger partial charge in [-0.2, -0.15) is 5.26 Å². The highest BCUT2D eigenvalue weighted by Crippen LogP contribution is 2.25. The standard InChI is InChI=1S/C21H22N4O4S/c22-10-14-12-30-13-25(14)20(26)11-24-21(27)17-3-6-23-19-2-1-16(9-18(17)19)29-15-4-7-28-8-5-15/h1-3,6,9,14-15H,4-5,7-8,11-13H2,(H,24,27)/t14-/m1/s1. The minimum Gasteiger partial charge on any atom is -0.490 e. The SMILES string of the molecule is N#C[C@@H]1CSCN1C(=O)CNC(=O)c1ccnc2ccc(OC3CCOCC3)cc12. The number of benzene rings is 1. The third-order valence-electron chi connectivity index (χ3n) is 5.18. The van der Waals surface area contributed by atoms with E-state index in [-0.39, 0.29) is 24.5 Å². The number of carbonyl (C=O) groups excluding carboxylic acids is 2. The molecule has 4 rings (SSSR count). The van der Waals surface area contributed by atoms with Crippen LogP contribution in [0.15, 0.2) is 30.5 Å². The van der Waals surface area contributed by atoms with Gasteiger partial charge in [0, 0.05) is 30.2 Å². The van der Waals surface area contributed by atoms with Crippen LogP contribution in [0.3, 0.4) is 0 Å². The second kappa shape index (κ2) is 9.32. The molecule has 0 radical (unpaired) electrons. The van der Waals surface area contributed by atoms with Crippen molar-refractivity contribution in [2.75, 3.05) is 31.4 Å². The average molecular weight is 426 g/mol. The quantitative estimate of drug-likeness (QED) is 0.779. The van der Waals surface area contributed by atoms with Crippen LogP contribution >= 0.6 is 11.8 Å². The fourth-order valence-electron chi connectivity index (χ4n) is 3.53. The second-order valence-corrected chi connectivity index (χ2v) is 8.16. The predicted octanol–water partition coefficient (Wildman–Crippen LogP) is 1.95. The molecule has 0 unspecified atom stereocenters. The molecule has 2 saturated heterocycles. The minimum atomic E-state index is -0.439. The van der Waals surface area contributed by atoms with Gasteiger partial charge in [0.25, 0.3) is 5.91 Å². The number of fused-ring (bicyclic) bond motifs is 1. The summed E-state index contributed by atoms with van der Waals surface area (Å²) in [5, 5.41) is 12.5. The highest BCUT2D eigenvalue weighted by Gasteiger charge is 2.29. The normalized spacial score (nSPS) is 19.4. The molecule has 156 valence electrons. The van der Waals surface area contributed by atoms with Gasteiger partial charge in [0.1, 0.15) is 17.9 Å². The lowest BCUT2D eigenvalue weighted by Crippen LogP contribution is -2.42. The maximum Gasteiger partial charge on any atom is 0.252 e. The number of carbonyl (C=O) groups is 2. The molecule has 0 spiro atoms. The number of pyridine rings is 1. The Labute approximate surface area is 178 Å². The molecule has 1 aromatic heterocycles. The molecule has 0 bridgehead atoms. The molecular weight excluding hydrogens is 404 g/mol. The molecule has 3 heterocycles. The summed E-state index contributed by atoms with van der Waals surface area (Å²) in [6.07, 6.45) is 3.33. The van der Waals surface area contributed by atoms with Crippen molar-refractivity contribution in [2.45, 2.75) is 25.0 Å². The maximum atomic E-state index is 12.8.